The zero-order valence-electron chi connectivity index (χ0n) is 18.0. The van der Waals surface area contributed by atoms with Crippen LogP contribution in [0.15, 0.2) is 108 Å². The average Bonchev–Trinajstić information content (AvgIpc) is 3.07. The third-order valence-electron chi connectivity index (χ3n) is 7.66. The molecule has 158 valence electrons. The van der Waals surface area contributed by atoms with E-state index < -0.39 is 0 Å². The van der Waals surface area contributed by atoms with Gasteiger partial charge in [-0.2, -0.15) is 0 Å². The lowest BCUT2D eigenvalue weighted by Gasteiger charge is -2.58. The number of nitrogens with zero attached hydrogens (tertiary/aromatic N) is 4. The minimum absolute atomic E-state index is 0.0150. The van der Waals surface area contributed by atoms with Crippen LogP contribution in [0.2, 0.25) is 0 Å². The van der Waals surface area contributed by atoms with Crippen molar-refractivity contribution in [1.82, 2.24) is 9.97 Å². The van der Waals surface area contributed by atoms with E-state index in [4.69, 9.17) is 9.98 Å². The highest BCUT2D eigenvalue weighted by Crippen LogP contribution is 2.76. The van der Waals surface area contributed by atoms with Crippen LogP contribution in [0.5, 0.6) is 0 Å². The van der Waals surface area contributed by atoms with Crippen molar-refractivity contribution in [2.24, 2.45) is 9.98 Å². The maximum Gasteiger partial charge on any atom is 0.0810 e. The lowest BCUT2D eigenvalue weighted by Crippen LogP contribution is -2.53. The van der Waals surface area contributed by atoms with Gasteiger partial charge in [-0.3, -0.25) is 20.0 Å². The van der Waals surface area contributed by atoms with E-state index in [-0.39, 0.29) is 17.5 Å². The highest BCUT2D eigenvalue weighted by molar-refractivity contribution is 5.82. The van der Waals surface area contributed by atoms with E-state index in [9.17, 15) is 0 Å². The van der Waals surface area contributed by atoms with Crippen molar-refractivity contribution in [1.29, 1.82) is 0 Å². The molecule has 4 nitrogen and oxygen atoms in total. The van der Waals surface area contributed by atoms with Crippen LogP contribution in [0.25, 0.3) is 0 Å². The first-order valence-corrected chi connectivity index (χ1v) is 11.4. The number of hydrogen-bond acceptors (Lipinski definition) is 4. The van der Waals surface area contributed by atoms with Crippen LogP contribution >= 0.6 is 0 Å². The Kier molecular flexibility index (Phi) is 3.98. The van der Waals surface area contributed by atoms with Crippen molar-refractivity contribution in [2.45, 2.75) is 29.3 Å². The van der Waals surface area contributed by atoms with Gasteiger partial charge in [0.2, 0.25) is 0 Å². The summed E-state index contributed by atoms with van der Waals surface area (Å²) in [5.41, 5.74) is 7.81. The average molecular weight is 427 g/mol. The zero-order chi connectivity index (χ0) is 21.8. The van der Waals surface area contributed by atoms with Gasteiger partial charge in [0, 0.05) is 65.6 Å². The SMILES string of the molecule is C(=NC1C(N=Cc2cccnc2)C2c3ccccc3C23c2ccccc2C13)c1cccnc1. The van der Waals surface area contributed by atoms with Crippen LogP contribution in [0.4, 0.5) is 0 Å². The van der Waals surface area contributed by atoms with E-state index in [0.717, 1.165) is 11.1 Å². The van der Waals surface area contributed by atoms with Crippen molar-refractivity contribution in [3.8, 4) is 0 Å². The Bertz CT molecular complexity index is 1280. The maximum atomic E-state index is 5.19. The Morgan fingerprint density at radius 3 is 1.55 bits per heavy atom. The highest BCUT2D eigenvalue weighted by atomic mass is 15.0. The first-order valence-electron chi connectivity index (χ1n) is 11.4. The maximum absolute atomic E-state index is 5.19. The molecule has 4 atom stereocenters. The quantitative estimate of drug-likeness (QED) is 0.434. The lowest BCUT2D eigenvalue weighted by atomic mass is 9.43. The van der Waals surface area contributed by atoms with E-state index in [0.29, 0.717) is 11.8 Å². The fourth-order valence-electron chi connectivity index (χ4n) is 6.53. The number of aromatic nitrogens is 2. The summed E-state index contributed by atoms with van der Waals surface area (Å²) in [4.78, 5) is 18.9. The smallest absolute Gasteiger partial charge is 0.0810 e. The summed E-state index contributed by atoms with van der Waals surface area (Å²) in [5.74, 6) is 0.662. The molecule has 1 spiro atoms. The van der Waals surface area contributed by atoms with E-state index in [2.05, 4.69) is 58.5 Å². The molecule has 2 heterocycles. The van der Waals surface area contributed by atoms with Gasteiger partial charge in [-0.05, 0) is 34.4 Å². The second kappa shape index (κ2) is 7.04. The molecule has 4 unspecified atom stereocenters. The standard InChI is InChI=1S/C29H22N4/c1-3-11-23-21(9-1)25-27(32-17-19-7-5-13-30-15-19)28(33-18-20-8-6-14-31-16-20)26-22-10-2-4-12-24(22)29(23,25)26/h1-18,25-28H. The molecule has 4 heteroatoms. The van der Waals surface area contributed by atoms with Crippen LogP contribution < -0.4 is 0 Å². The van der Waals surface area contributed by atoms with Gasteiger partial charge in [0.05, 0.1) is 12.1 Å². The molecular formula is C29H22N4. The molecule has 4 aromatic rings. The van der Waals surface area contributed by atoms with Crippen molar-refractivity contribution in [3.05, 3.63) is 131 Å². The van der Waals surface area contributed by atoms with Gasteiger partial charge < -0.3 is 0 Å². The van der Waals surface area contributed by atoms with Crippen molar-refractivity contribution < 1.29 is 0 Å². The molecule has 2 aromatic carbocycles. The monoisotopic (exact) mass is 426 g/mol. The van der Waals surface area contributed by atoms with Gasteiger partial charge in [0.15, 0.2) is 0 Å². The minimum atomic E-state index is 0.0150. The minimum Gasteiger partial charge on any atom is -0.286 e. The van der Waals surface area contributed by atoms with Crippen molar-refractivity contribution in [3.63, 3.8) is 0 Å². The Morgan fingerprint density at radius 2 is 1.09 bits per heavy atom. The third-order valence-corrected chi connectivity index (χ3v) is 7.66. The van der Waals surface area contributed by atoms with E-state index >= 15 is 0 Å². The molecule has 0 radical (unpaired) electrons. The molecule has 0 saturated heterocycles. The van der Waals surface area contributed by atoms with Crippen molar-refractivity contribution in [2.75, 3.05) is 0 Å². The van der Waals surface area contributed by atoms with E-state index in [1.54, 1.807) is 12.4 Å². The molecule has 3 aliphatic carbocycles. The fourth-order valence-corrected chi connectivity index (χ4v) is 6.53. The largest absolute Gasteiger partial charge is 0.286 e. The molecular weight excluding hydrogens is 404 g/mol. The van der Waals surface area contributed by atoms with E-state index in [1.165, 1.54) is 22.3 Å². The molecule has 3 aliphatic rings. The number of pyridine rings is 2. The predicted molar refractivity (Wildman–Crippen MR) is 130 cm³/mol. The normalized spacial score (nSPS) is 28.5. The van der Waals surface area contributed by atoms with Gasteiger partial charge in [0.25, 0.3) is 0 Å². The zero-order valence-corrected chi connectivity index (χ0v) is 18.0. The molecule has 7 rings (SSSR count). The third kappa shape index (κ3) is 2.46. The Labute approximate surface area is 192 Å². The Hall–Kier alpha value is -3.92. The van der Waals surface area contributed by atoms with Gasteiger partial charge in [-0.1, -0.05) is 60.7 Å². The van der Waals surface area contributed by atoms with Crippen molar-refractivity contribution >= 4 is 12.4 Å². The number of rotatable bonds is 4. The first kappa shape index (κ1) is 18.6. The first-order chi connectivity index (χ1) is 16.4. The van der Waals surface area contributed by atoms with E-state index in [1.807, 2.05) is 49.1 Å². The highest BCUT2D eigenvalue weighted by Gasteiger charge is 2.74. The fraction of sp³-hybridized carbons (Fsp3) is 0.172. The van der Waals surface area contributed by atoms with Gasteiger partial charge >= 0.3 is 0 Å². The molecule has 33 heavy (non-hydrogen) atoms. The van der Waals surface area contributed by atoms with Crippen LogP contribution in [0, 0.1) is 0 Å². The summed E-state index contributed by atoms with van der Waals surface area (Å²) < 4.78 is 0. The summed E-state index contributed by atoms with van der Waals surface area (Å²) in [5, 5.41) is 0. The lowest BCUT2D eigenvalue weighted by molar-refractivity contribution is 0.305. The summed E-state index contributed by atoms with van der Waals surface area (Å²) >= 11 is 0. The number of aliphatic imine (C=N–C) groups is 2. The number of fused-ring (bicyclic) bond motifs is 4. The molecule has 0 aliphatic heterocycles. The van der Waals surface area contributed by atoms with Gasteiger partial charge in [0.1, 0.15) is 0 Å². The molecule has 0 N–H and O–H groups in total. The molecule has 1 saturated carbocycles. The molecule has 0 amide bonds. The van der Waals surface area contributed by atoms with Gasteiger partial charge in [-0.15, -0.1) is 0 Å². The summed E-state index contributed by atoms with van der Waals surface area (Å²) in [7, 11) is 0. The predicted octanol–water partition coefficient (Wildman–Crippen LogP) is 4.95. The second-order valence-electron chi connectivity index (χ2n) is 9.11. The number of hydrogen-bond donors (Lipinski definition) is 0. The second-order valence-corrected chi connectivity index (χ2v) is 9.11. The Morgan fingerprint density at radius 1 is 0.606 bits per heavy atom. The summed E-state index contributed by atoms with van der Waals surface area (Å²) in [6.07, 6.45) is 11.3. The van der Waals surface area contributed by atoms with Crippen LogP contribution in [0.3, 0.4) is 0 Å². The molecule has 2 aromatic heterocycles. The van der Waals surface area contributed by atoms with Crippen LogP contribution in [0.1, 0.15) is 45.2 Å². The number of benzene rings is 2. The van der Waals surface area contributed by atoms with Crippen LogP contribution in [-0.4, -0.2) is 34.5 Å². The molecule has 1 fully saturated rings. The summed E-state index contributed by atoms with van der Waals surface area (Å²) in [6.45, 7) is 0. The summed E-state index contributed by atoms with van der Waals surface area (Å²) in [6, 6.07) is 25.9. The Balaban J connectivity index is 1.39. The van der Waals surface area contributed by atoms with Gasteiger partial charge in [-0.25, -0.2) is 0 Å². The molecule has 0 bridgehead atoms. The van der Waals surface area contributed by atoms with Crippen LogP contribution in [-0.2, 0) is 5.41 Å². The topological polar surface area (TPSA) is 50.5 Å².